The lowest BCUT2D eigenvalue weighted by atomic mass is 9.92. The van der Waals surface area contributed by atoms with Crippen molar-refractivity contribution in [3.8, 4) is 0 Å². The maximum Gasteiger partial charge on any atom is 0.321 e. The molecule has 1 aromatic rings. The predicted molar refractivity (Wildman–Crippen MR) is 89.1 cm³/mol. The smallest absolute Gasteiger partial charge is 0.321 e. The SMILES string of the molecule is C=CCN(CC=C)C(=O)N1Cc2ccccc2C[C@H]1CC(=O)O. The summed E-state index contributed by atoms with van der Waals surface area (Å²) >= 11 is 0. The lowest BCUT2D eigenvalue weighted by Crippen LogP contribution is -2.51. The summed E-state index contributed by atoms with van der Waals surface area (Å²) in [6.07, 6.45) is 3.82. The monoisotopic (exact) mass is 314 g/mol. The van der Waals surface area contributed by atoms with Crippen molar-refractivity contribution < 1.29 is 14.7 Å². The van der Waals surface area contributed by atoms with Crippen LogP contribution in [0.4, 0.5) is 4.79 Å². The van der Waals surface area contributed by atoms with E-state index in [-0.39, 0.29) is 18.5 Å². The van der Waals surface area contributed by atoms with Crippen LogP contribution in [0.25, 0.3) is 0 Å². The number of hydrogen-bond donors (Lipinski definition) is 1. The van der Waals surface area contributed by atoms with E-state index in [9.17, 15) is 14.7 Å². The predicted octanol–water partition coefficient (Wildman–Crippen LogP) is 2.68. The Morgan fingerprint density at radius 1 is 1.22 bits per heavy atom. The van der Waals surface area contributed by atoms with Crippen LogP contribution in [-0.4, -0.2) is 46.0 Å². The average molecular weight is 314 g/mol. The van der Waals surface area contributed by atoms with E-state index in [1.165, 1.54) is 0 Å². The maximum atomic E-state index is 12.8. The quantitative estimate of drug-likeness (QED) is 0.821. The molecule has 1 N–H and O–H groups in total. The highest BCUT2D eigenvalue weighted by molar-refractivity contribution is 5.77. The van der Waals surface area contributed by atoms with Gasteiger partial charge in [-0.25, -0.2) is 4.79 Å². The zero-order chi connectivity index (χ0) is 16.8. The number of carboxylic acid groups (broad SMARTS) is 1. The standard InChI is InChI=1S/C18H22N2O3/c1-3-9-19(10-4-2)18(23)20-13-15-8-6-5-7-14(15)11-16(20)12-17(21)22/h3-8,16H,1-2,9-13H2,(H,21,22)/t16-/m0/s1. The second-order valence-electron chi connectivity index (χ2n) is 5.62. The van der Waals surface area contributed by atoms with Gasteiger partial charge in [0, 0.05) is 25.7 Å². The Hall–Kier alpha value is -2.56. The molecule has 0 aromatic heterocycles. The van der Waals surface area contributed by atoms with E-state index in [1.54, 1.807) is 22.0 Å². The highest BCUT2D eigenvalue weighted by Gasteiger charge is 2.33. The molecule has 1 heterocycles. The highest BCUT2D eigenvalue weighted by Crippen LogP contribution is 2.26. The van der Waals surface area contributed by atoms with Crippen LogP contribution in [0.1, 0.15) is 17.5 Å². The first kappa shape index (κ1) is 16.8. The molecule has 0 aliphatic carbocycles. The molecule has 5 nitrogen and oxygen atoms in total. The summed E-state index contributed by atoms with van der Waals surface area (Å²) in [4.78, 5) is 27.3. The molecule has 0 unspecified atom stereocenters. The molecule has 0 spiro atoms. The Morgan fingerprint density at radius 3 is 2.39 bits per heavy atom. The van der Waals surface area contributed by atoms with Crippen molar-refractivity contribution in [2.24, 2.45) is 0 Å². The van der Waals surface area contributed by atoms with Gasteiger partial charge in [-0.3, -0.25) is 4.79 Å². The molecule has 2 amide bonds. The number of amides is 2. The zero-order valence-corrected chi connectivity index (χ0v) is 13.1. The largest absolute Gasteiger partial charge is 0.481 e. The molecule has 1 aliphatic heterocycles. The Bertz CT molecular complexity index is 602. The van der Waals surface area contributed by atoms with Gasteiger partial charge in [0.1, 0.15) is 0 Å². The summed E-state index contributed by atoms with van der Waals surface area (Å²) in [5, 5.41) is 9.17. The summed E-state index contributed by atoms with van der Waals surface area (Å²) < 4.78 is 0. The number of aliphatic carboxylic acids is 1. The van der Waals surface area contributed by atoms with Gasteiger partial charge >= 0.3 is 12.0 Å². The normalized spacial score (nSPS) is 16.3. The molecule has 2 rings (SSSR count). The third kappa shape index (κ3) is 4.00. The molecule has 0 fully saturated rings. The molecule has 0 radical (unpaired) electrons. The number of carbonyl (C=O) groups is 2. The number of urea groups is 1. The van der Waals surface area contributed by atoms with Gasteiger partial charge in [-0.1, -0.05) is 36.4 Å². The molecule has 5 heteroatoms. The molecular formula is C18H22N2O3. The van der Waals surface area contributed by atoms with E-state index >= 15 is 0 Å². The minimum Gasteiger partial charge on any atom is -0.481 e. The Labute approximate surface area is 136 Å². The molecular weight excluding hydrogens is 292 g/mol. The van der Waals surface area contributed by atoms with E-state index in [0.29, 0.717) is 26.1 Å². The molecule has 0 saturated heterocycles. The molecule has 122 valence electrons. The summed E-state index contributed by atoms with van der Waals surface area (Å²) in [5.41, 5.74) is 2.18. The molecule has 1 aromatic carbocycles. The van der Waals surface area contributed by atoms with Gasteiger partial charge in [0.25, 0.3) is 0 Å². The fourth-order valence-electron chi connectivity index (χ4n) is 2.92. The van der Waals surface area contributed by atoms with E-state index in [4.69, 9.17) is 0 Å². The van der Waals surface area contributed by atoms with Crippen LogP contribution in [0.15, 0.2) is 49.6 Å². The van der Waals surface area contributed by atoms with E-state index in [1.807, 2.05) is 24.3 Å². The van der Waals surface area contributed by atoms with Gasteiger partial charge in [0.15, 0.2) is 0 Å². The maximum absolute atomic E-state index is 12.8. The van der Waals surface area contributed by atoms with Crippen LogP contribution in [-0.2, 0) is 17.8 Å². The van der Waals surface area contributed by atoms with E-state index < -0.39 is 5.97 Å². The number of hydrogen-bond acceptors (Lipinski definition) is 2. The van der Waals surface area contributed by atoms with Crippen LogP contribution < -0.4 is 0 Å². The summed E-state index contributed by atoms with van der Waals surface area (Å²) in [6, 6.07) is 7.34. The van der Waals surface area contributed by atoms with Gasteiger partial charge in [0.05, 0.1) is 6.42 Å². The third-order valence-corrected chi connectivity index (χ3v) is 3.98. The number of nitrogens with zero attached hydrogens (tertiary/aromatic N) is 2. The van der Waals surface area contributed by atoms with Crippen molar-refractivity contribution in [2.45, 2.75) is 25.4 Å². The van der Waals surface area contributed by atoms with Gasteiger partial charge in [0.2, 0.25) is 0 Å². The first-order chi connectivity index (χ1) is 11.1. The second-order valence-corrected chi connectivity index (χ2v) is 5.62. The topological polar surface area (TPSA) is 60.9 Å². The molecule has 0 saturated carbocycles. The van der Waals surface area contributed by atoms with Crippen molar-refractivity contribution in [3.05, 3.63) is 60.7 Å². The van der Waals surface area contributed by atoms with Gasteiger partial charge in [-0.2, -0.15) is 0 Å². The number of rotatable bonds is 6. The Balaban J connectivity index is 2.28. The minimum absolute atomic E-state index is 0.0594. The lowest BCUT2D eigenvalue weighted by Gasteiger charge is -2.39. The average Bonchev–Trinajstić information content (AvgIpc) is 2.53. The van der Waals surface area contributed by atoms with Crippen molar-refractivity contribution in [2.75, 3.05) is 13.1 Å². The van der Waals surface area contributed by atoms with Crippen LogP contribution >= 0.6 is 0 Å². The minimum atomic E-state index is -0.897. The first-order valence-electron chi connectivity index (χ1n) is 7.62. The number of carbonyl (C=O) groups excluding carboxylic acids is 1. The van der Waals surface area contributed by atoms with Crippen LogP contribution in [0.2, 0.25) is 0 Å². The Morgan fingerprint density at radius 2 is 1.83 bits per heavy atom. The molecule has 23 heavy (non-hydrogen) atoms. The van der Waals surface area contributed by atoms with Crippen molar-refractivity contribution in [1.29, 1.82) is 0 Å². The lowest BCUT2D eigenvalue weighted by molar-refractivity contribution is -0.138. The first-order valence-corrected chi connectivity index (χ1v) is 7.62. The number of benzene rings is 1. The summed E-state index contributed by atoms with van der Waals surface area (Å²) in [7, 11) is 0. The third-order valence-electron chi connectivity index (χ3n) is 3.98. The van der Waals surface area contributed by atoms with Crippen molar-refractivity contribution >= 4 is 12.0 Å². The number of fused-ring (bicyclic) bond motifs is 1. The summed E-state index contributed by atoms with van der Waals surface area (Å²) in [5.74, 6) is -0.897. The van der Waals surface area contributed by atoms with E-state index in [2.05, 4.69) is 13.2 Å². The van der Waals surface area contributed by atoms with E-state index in [0.717, 1.165) is 11.1 Å². The summed E-state index contributed by atoms with van der Waals surface area (Å²) in [6.45, 7) is 8.59. The van der Waals surface area contributed by atoms with Crippen LogP contribution in [0, 0.1) is 0 Å². The van der Waals surface area contributed by atoms with Crippen molar-refractivity contribution in [3.63, 3.8) is 0 Å². The fraction of sp³-hybridized carbons (Fsp3) is 0.333. The highest BCUT2D eigenvalue weighted by atomic mass is 16.4. The molecule has 0 bridgehead atoms. The zero-order valence-electron chi connectivity index (χ0n) is 13.1. The van der Waals surface area contributed by atoms with Crippen LogP contribution in [0.3, 0.4) is 0 Å². The van der Waals surface area contributed by atoms with Crippen molar-refractivity contribution in [1.82, 2.24) is 9.80 Å². The van der Waals surface area contributed by atoms with Gasteiger partial charge < -0.3 is 14.9 Å². The van der Waals surface area contributed by atoms with Gasteiger partial charge in [-0.15, -0.1) is 13.2 Å². The molecule has 1 aliphatic rings. The second kappa shape index (κ2) is 7.63. The van der Waals surface area contributed by atoms with Gasteiger partial charge in [-0.05, 0) is 17.5 Å². The Kier molecular flexibility index (Phi) is 5.57. The fourth-order valence-corrected chi connectivity index (χ4v) is 2.92. The number of carboxylic acids is 1. The van der Waals surface area contributed by atoms with Crippen LogP contribution in [0.5, 0.6) is 0 Å². The molecule has 1 atom stereocenters.